The van der Waals surface area contributed by atoms with E-state index in [1.165, 1.54) is 0 Å². The van der Waals surface area contributed by atoms with Crippen molar-refractivity contribution in [2.75, 3.05) is 0 Å². The number of nitrogens with one attached hydrogen (secondary N) is 1. The van der Waals surface area contributed by atoms with E-state index in [-0.39, 0.29) is 0 Å². The molecule has 5 nitrogen and oxygen atoms in total. The number of halogens is 1. The summed E-state index contributed by atoms with van der Waals surface area (Å²) in [6.07, 6.45) is 2.95. The van der Waals surface area contributed by atoms with Crippen LogP contribution in [0.2, 0.25) is 5.02 Å². The first kappa shape index (κ1) is 16.1. The van der Waals surface area contributed by atoms with E-state index in [9.17, 15) is 4.79 Å². The minimum atomic E-state index is -0.552. The summed E-state index contributed by atoms with van der Waals surface area (Å²) in [6, 6.07) is 15.7. The third-order valence-electron chi connectivity index (χ3n) is 3.54. The Balaban J connectivity index is 1.84. The molecule has 1 atom stereocenters. The molecule has 0 saturated carbocycles. The van der Waals surface area contributed by atoms with Crippen LogP contribution < -0.4 is 10.1 Å². The molecule has 3 rings (SSSR count). The second-order valence-corrected chi connectivity index (χ2v) is 5.66. The number of amides is 1. The molecule has 6 heteroatoms. The number of hydrogen-bond acceptors (Lipinski definition) is 3. The van der Waals surface area contributed by atoms with E-state index >= 15 is 0 Å². The Labute approximate surface area is 144 Å². The van der Waals surface area contributed by atoms with Crippen molar-refractivity contribution in [1.29, 1.82) is 0 Å². The Hall–Kier alpha value is -2.79. The minimum Gasteiger partial charge on any atom is -0.410 e. The van der Waals surface area contributed by atoms with Crippen LogP contribution in [-0.4, -0.2) is 15.6 Å². The summed E-state index contributed by atoms with van der Waals surface area (Å²) in [4.78, 5) is 16.6. The summed E-state index contributed by atoms with van der Waals surface area (Å²) in [5, 5.41) is 3.49. The fourth-order valence-electron chi connectivity index (χ4n) is 2.35. The van der Waals surface area contributed by atoms with Crippen molar-refractivity contribution in [3.05, 3.63) is 83.4 Å². The highest BCUT2D eigenvalue weighted by atomic mass is 35.5. The van der Waals surface area contributed by atoms with Gasteiger partial charge in [0.25, 0.3) is 0 Å². The number of hydrogen-bond donors (Lipinski definition) is 1. The van der Waals surface area contributed by atoms with Crippen LogP contribution in [-0.2, 0) is 7.05 Å². The van der Waals surface area contributed by atoms with Gasteiger partial charge in [-0.15, -0.1) is 0 Å². The first-order valence-electron chi connectivity index (χ1n) is 7.39. The lowest BCUT2D eigenvalue weighted by Gasteiger charge is -2.19. The number of nitrogens with zero attached hydrogens (tertiary/aromatic N) is 2. The first-order chi connectivity index (χ1) is 11.6. The number of imidazole rings is 1. The highest BCUT2D eigenvalue weighted by molar-refractivity contribution is 6.30. The smallest absolute Gasteiger partial charge is 0.410 e. The monoisotopic (exact) mass is 341 g/mol. The highest BCUT2D eigenvalue weighted by Crippen LogP contribution is 2.22. The maximum absolute atomic E-state index is 12.3. The van der Waals surface area contributed by atoms with E-state index in [2.05, 4.69) is 10.3 Å². The average Bonchev–Trinajstić information content (AvgIpc) is 3.00. The Morgan fingerprint density at radius 2 is 1.88 bits per heavy atom. The van der Waals surface area contributed by atoms with Crippen molar-refractivity contribution in [1.82, 2.24) is 14.9 Å². The molecule has 0 aliphatic carbocycles. The zero-order chi connectivity index (χ0) is 16.9. The maximum atomic E-state index is 12.3. The van der Waals surface area contributed by atoms with Gasteiger partial charge in [-0.2, -0.15) is 0 Å². The van der Waals surface area contributed by atoms with Crippen LogP contribution in [0.3, 0.4) is 0 Å². The van der Waals surface area contributed by atoms with E-state index in [1.807, 2.05) is 36.0 Å². The molecule has 2 aromatic carbocycles. The van der Waals surface area contributed by atoms with Crippen molar-refractivity contribution in [2.24, 2.45) is 7.05 Å². The number of aryl methyl sites for hydroxylation is 1. The SMILES string of the molecule is Cn1ccnc1C(NC(=O)Oc1ccccc1)c1ccc(Cl)cc1. The molecule has 1 amide bonds. The molecule has 1 N–H and O–H groups in total. The van der Waals surface area contributed by atoms with Gasteiger partial charge in [-0.1, -0.05) is 41.9 Å². The summed E-state index contributed by atoms with van der Waals surface area (Å²) >= 11 is 5.95. The van der Waals surface area contributed by atoms with Gasteiger partial charge in [0.15, 0.2) is 0 Å². The molecule has 1 unspecified atom stereocenters. The van der Waals surface area contributed by atoms with E-state index in [0.29, 0.717) is 16.6 Å². The number of rotatable bonds is 4. The van der Waals surface area contributed by atoms with Gasteiger partial charge in [-0.05, 0) is 29.8 Å². The lowest BCUT2D eigenvalue weighted by atomic mass is 10.1. The number of carbonyl (C=O) groups is 1. The molecule has 3 aromatic rings. The molecule has 24 heavy (non-hydrogen) atoms. The zero-order valence-electron chi connectivity index (χ0n) is 13.0. The Morgan fingerprint density at radius 1 is 1.17 bits per heavy atom. The van der Waals surface area contributed by atoms with Gasteiger partial charge < -0.3 is 14.6 Å². The summed E-state index contributed by atoms with van der Waals surface area (Å²) in [6.45, 7) is 0. The van der Waals surface area contributed by atoms with Gasteiger partial charge in [0, 0.05) is 24.5 Å². The molecular formula is C18H16ClN3O2. The molecule has 1 heterocycles. The third kappa shape index (κ3) is 3.75. The van der Waals surface area contributed by atoms with Crippen molar-refractivity contribution in [2.45, 2.75) is 6.04 Å². The molecule has 122 valence electrons. The molecule has 0 radical (unpaired) electrons. The minimum absolute atomic E-state index is 0.446. The topological polar surface area (TPSA) is 56.2 Å². The number of carbonyl (C=O) groups excluding carboxylic acids is 1. The molecule has 1 aromatic heterocycles. The Morgan fingerprint density at radius 3 is 2.50 bits per heavy atom. The van der Waals surface area contributed by atoms with E-state index in [0.717, 1.165) is 5.56 Å². The van der Waals surface area contributed by atoms with Gasteiger partial charge in [0.2, 0.25) is 0 Å². The van der Waals surface area contributed by atoms with Gasteiger partial charge in [-0.25, -0.2) is 9.78 Å². The lowest BCUT2D eigenvalue weighted by Crippen LogP contribution is -2.33. The largest absolute Gasteiger partial charge is 0.413 e. The Kier molecular flexibility index (Phi) is 4.82. The number of aromatic nitrogens is 2. The second-order valence-electron chi connectivity index (χ2n) is 5.23. The quantitative estimate of drug-likeness (QED) is 0.781. The lowest BCUT2D eigenvalue weighted by molar-refractivity contribution is 0.197. The van der Waals surface area contributed by atoms with Gasteiger partial charge in [0.1, 0.15) is 17.6 Å². The van der Waals surface area contributed by atoms with Gasteiger partial charge >= 0.3 is 6.09 Å². The van der Waals surface area contributed by atoms with Crippen LogP contribution in [0.15, 0.2) is 67.0 Å². The van der Waals surface area contributed by atoms with E-state index in [1.54, 1.807) is 42.6 Å². The van der Waals surface area contributed by atoms with E-state index < -0.39 is 12.1 Å². The van der Waals surface area contributed by atoms with Gasteiger partial charge in [0.05, 0.1) is 0 Å². The summed E-state index contributed by atoms with van der Waals surface area (Å²) < 4.78 is 7.16. The summed E-state index contributed by atoms with van der Waals surface area (Å²) in [5.41, 5.74) is 0.860. The zero-order valence-corrected chi connectivity index (χ0v) is 13.8. The average molecular weight is 342 g/mol. The molecule has 0 fully saturated rings. The summed E-state index contributed by atoms with van der Waals surface area (Å²) in [5.74, 6) is 1.17. The van der Waals surface area contributed by atoms with Crippen LogP contribution in [0, 0.1) is 0 Å². The van der Waals surface area contributed by atoms with Crippen LogP contribution in [0.25, 0.3) is 0 Å². The predicted octanol–water partition coefficient (Wildman–Crippen LogP) is 3.95. The fourth-order valence-corrected chi connectivity index (χ4v) is 2.48. The van der Waals surface area contributed by atoms with Crippen LogP contribution >= 0.6 is 11.6 Å². The predicted molar refractivity (Wildman–Crippen MR) is 92.1 cm³/mol. The molecule has 0 bridgehead atoms. The second kappa shape index (κ2) is 7.19. The molecule has 0 aliphatic rings. The summed E-state index contributed by atoms with van der Waals surface area (Å²) in [7, 11) is 1.87. The molecule has 0 spiro atoms. The van der Waals surface area contributed by atoms with Crippen molar-refractivity contribution in [3.8, 4) is 5.75 Å². The molecule has 0 aliphatic heterocycles. The fraction of sp³-hybridized carbons (Fsp3) is 0.111. The van der Waals surface area contributed by atoms with Crippen LogP contribution in [0.4, 0.5) is 4.79 Å². The molecular weight excluding hydrogens is 326 g/mol. The number of ether oxygens (including phenoxy) is 1. The highest BCUT2D eigenvalue weighted by Gasteiger charge is 2.21. The third-order valence-corrected chi connectivity index (χ3v) is 3.79. The van der Waals surface area contributed by atoms with Crippen LogP contribution in [0.1, 0.15) is 17.4 Å². The van der Waals surface area contributed by atoms with Crippen molar-refractivity contribution >= 4 is 17.7 Å². The first-order valence-corrected chi connectivity index (χ1v) is 7.77. The number of para-hydroxylation sites is 1. The van der Waals surface area contributed by atoms with Gasteiger partial charge in [-0.3, -0.25) is 0 Å². The van der Waals surface area contributed by atoms with Crippen LogP contribution in [0.5, 0.6) is 5.75 Å². The number of benzene rings is 2. The van der Waals surface area contributed by atoms with Crippen molar-refractivity contribution in [3.63, 3.8) is 0 Å². The van der Waals surface area contributed by atoms with E-state index in [4.69, 9.17) is 16.3 Å². The molecule has 0 saturated heterocycles. The standard InChI is InChI=1S/C18H16ClN3O2/c1-22-12-11-20-17(22)16(13-7-9-14(19)10-8-13)21-18(23)24-15-5-3-2-4-6-15/h2-12,16H,1H3,(H,21,23). The van der Waals surface area contributed by atoms with Crippen molar-refractivity contribution < 1.29 is 9.53 Å². The normalized spacial score (nSPS) is 11.8. The Bertz CT molecular complexity index is 816. The maximum Gasteiger partial charge on any atom is 0.413 e.